The molecule has 0 radical (unpaired) electrons. The number of aromatic nitrogens is 2. The lowest BCUT2D eigenvalue weighted by Gasteiger charge is -2.32. The van der Waals surface area contributed by atoms with Crippen LogP contribution in [0.25, 0.3) is 11.0 Å². The van der Waals surface area contributed by atoms with E-state index in [1.807, 2.05) is 12.3 Å². The third-order valence-electron chi connectivity index (χ3n) is 6.67. The van der Waals surface area contributed by atoms with Gasteiger partial charge in [0.25, 0.3) is 11.8 Å². The van der Waals surface area contributed by atoms with Crippen molar-refractivity contribution >= 4 is 22.8 Å². The quantitative estimate of drug-likeness (QED) is 0.584. The Hall–Kier alpha value is -3.60. The van der Waals surface area contributed by atoms with Crippen molar-refractivity contribution in [3.8, 4) is 5.75 Å². The number of nitrogens with one attached hydrogen (secondary N) is 1. The van der Waals surface area contributed by atoms with Crippen molar-refractivity contribution in [3.05, 3.63) is 59.4 Å². The number of benzene rings is 1. The zero-order chi connectivity index (χ0) is 25.3. The Bertz CT molecular complexity index is 1240. The summed E-state index contributed by atoms with van der Waals surface area (Å²) in [5, 5.41) is 0.902. The van der Waals surface area contributed by atoms with Crippen LogP contribution >= 0.6 is 0 Å². The molecule has 3 aromatic rings. The smallest absolute Gasteiger partial charge is 0.406 e. The molecule has 0 aliphatic carbocycles. The van der Waals surface area contributed by atoms with E-state index in [1.54, 1.807) is 16.0 Å². The summed E-state index contributed by atoms with van der Waals surface area (Å²) in [6, 6.07) is 6.85. The molecule has 0 unspecified atom stereocenters. The summed E-state index contributed by atoms with van der Waals surface area (Å²) < 4.78 is 46.3. The van der Waals surface area contributed by atoms with Crippen molar-refractivity contribution in [2.75, 3.05) is 39.4 Å². The Morgan fingerprint density at radius 3 is 2.28 bits per heavy atom. The van der Waals surface area contributed by atoms with Gasteiger partial charge in [-0.2, -0.15) is 0 Å². The number of halogens is 3. The van der Waals surface area contributed by atoms with Crippen LogP contribution in [-0.4, -0.2) is 77.3 Å². The molecule has 8 nitrogen and oxygen atoms in total. The first kappa shape index (κ1) is 24.1. The third kappa shape index (κ3) is 5.15. The minimum atomic E-state index is -4.78. The highest BCUT2D eigenvalue weighted by Crippen LogP contribution is 2.34. The number of H-pyrrole nitrogens is 1. The van der Waals surface area contributed by atoms with Gasteiger partial charge in [-0.25, -0.2) is 4.98 Å². The van der Waals surface area contributed by atoms with Crippen LogP contribution in [0.15, 0.2) is 42.7 Å². The molecule has 0 saturated carbocycles. The number of morpholine rings is 1. The molecule has 1 aromatic carbocycles. The Kier molecular flexibility index (Phi) is 6.57. The predicted molar refractivity (Wildman–Crippen MR) is 124 cm³/mol. The van der Waals surface area contributed by atoms with Crippen LogP contribution in [0.1, 0.15) is 45.0 Å². The number of hydrogen-bond acceptors (Lipinski definition) is 5. The average molecular weight is 502 g/mol. The monoisotopic (exact) mass is 502 g/mol. The number of piperidine rings is 1. The van der Waals surface area contributed by atoms with Crippen molar-refractivity contribution < 1.29 is 32.2 Å². The normalized spacial score (nSPS) is 17.4. The number of likely N-dealkylation sites (tertiary alicyclic amines) is 1. The van der Waals surface area contributed by atoms with Crippen molar-refractivity contribution in [1.82, 2.24) is 19.8 Å². The second-order valence-electron chi connectivity index (χ2n) is 8.91. The summed E-state index contributed by atoms with van der Waals surface area (Å²) in [5.74, 6) is -0.476. The number of nitrogens with zero attached hydrogens (tertiary/aromatic N) is 3. The summed E-state index contributed by atoms with van der Waals surface area (Å²) >= 11 is 0. The average Bonchev–Trinajstić information content (AvgIpc) is 3.31. The summed E-state index contributed by atoms with van der Waals surface area (Å²) in [7, 11) is 0. The van der Waals surface area contributed by atoms with Gasteiger partial charge in [-0.3, -0.25) is 9.59 Å². The molecule has 1 N–H and O–H groups in total. The van der Waals surface area contributed by atoms with Gasteiger partial charge in [-0.05, 0) is 54.7 Å². The van der Waals surface area contributed by atoms with Crippen molar-refractivity contribution in [3.63, 3.8) is 0 Å². The van der Waals surface area contributed by atoms with E-state index in [1.165, 1.54) is 12.1 Å². The van der Waals surface area contributed by atoms with E-state index in [0.29, 0.717) is 56.2 Å². The van der Waals surface area contributed by atoms with E-state index in [9.17, 15) is 22.8 Å². The summed E-state index contributed by atoms with van der Waals surface area (Å²) in [5.41, 5.74) is 2.62. The third-order valence-corrected chi connectivity index (χ3v) is 6.67. The molecule has 2 aliphatic heterocycles. The SMILES string of the molecule is O=C(c1cnc2[nH]cc(C3CCN(C(=O)c4ccc(OC(F)(F)F)cc4)CC3)c2c1)N1CCOCC1. The molecule has 2 fully saturated rings. The summed E-state index contributed by atoms with van der Waals surface area (Å²) in [6.45, 7) is 3.19. The van der Waals surface area contributed by atoms with Gasteiger partial charge in [-0.1, -0.05) is 0 Å². The standard InChI is InChI=1S/C25H25F3N4O4/c26-25(27,28)36-19-3-1-17(2-4-19)23(33)31-7-5-16(6-8-31)21-15-30-22-20(21)13-18(14-29-22)24(34)32-9-11-35-12-10-32/h1-4,13-16H,5-12H2,(H,29,30). The zero-order valence-electron chi connectivity index (χ0n) is 19.4. The molecule has 2 aliphatic rings. The molecule has 36 heavy (non-hydrogen) atoms. The Morgan fingerprint density at radius 2 is 1.61 bits per heavy atom. The largest absolute Gasteiger partial charge is 0.573 e. The number of carbonyl (C=O) groups is 2. The summed E-state index contributed by atoms with van der Waals surface area (Å²) in [6.07, 6.45) is 0.169. The van der Waals surface area contributed by atoms with Crippen LogP contribution in [-0.2, 0) is 4.74 Å². The number of fused-ring (bicyclic) bond motifs is 1. The Balaban J connectivity index is 1.25. The maximum atomic E-state index is 12.9. The molecule has 2 saturated heterocycles. The van der Waals surface area contributed by atoms with Gasteiger partial charge in [0.15, 0.2) is 0 Å². The zero-order valence-corrected chi connectivity index (χ0v) is 19.4. The highest BCUT2D eigenvalue weighted by molar-refractivity contribution is 5.98. The molecule has 11 heteroatoms. The lowest BCUT2D eigenvalue weighted by molar-refractivity contribution is -0.274. The Morgan fingerprint density at radius 1 is 0.972 bits per heavy atom. The van der Waals surface area contributed by atoms with Crippen LogP contribution in [0.5, 0.6) is 5.75 Å². The van der Waals surface area contributed by atoms with Gasteiger partial charge in [0.05, 0.1) is 18.8 Å². The number of alkyl halides is 3. The maximum Gasteiger partial charge on any atom is 0.573 e. The number of hydrogen-bond donors (Lipinski definition) is 1. The number of ether oxygens (including phenoxy) is 2. The van der Waals surface area contributed by atoms with Crippen LogP contribution in [0.4, 0.5) is 13.2 Å². The van der Waals surface area contributed by atoms with E-state index >= 15 is 0 Å². The number of carbonyl (C=O) groups excluding carboxylic acids is 2. The molecule has 190 valence electrons. The van der Waals surface area contributed by atoms with Gasteiger partial charge >= 0.3 is 6.36 Å². The van der Waals surface area contributed by atoms with Crippen LogP contribution in [0.2, 0.25) is 0 Å². The fraction of sp³-hybridized carbons (Fsp3) is 0.400. The van der Waals surface area contributed by atoms with Gasteiger partial charge in [0.2, 0.25) is 0 Å². The number of pyridine rings is 1. The van der Waals surface area contributed by atoms with E-state index in [0.717, 1.165) is 35.9 Å². The first-order chi connectivity index (χ1) is 17.3. The van der Waals surface area contributed by atoms with Crippen molar-refractivity contribution in [2.45, 2.75) is 25.1 Å². The fourth-order valence-electron chi connectivity index (χ4n) is 4.80. The molecule has 2 aromatic heterocycles. The number of aromatic amines is 1. The summed E-state index contributed by atoms with van der Waals surface area (Å²) in [4.78, 5) is 36.9. The highest BCUT2D eigenvalue weighted by atomic mass is 19.4. The predicted octanol–water partition coefficient (Wildman–Crippen LogP) is 3.95. The highest BCUT2D eigenvalue weighted by Gasteiger charge is 2.31. The first-order valence-corrected chi connectivity index (χ1v) is 11.8. The molecular weight excluding hydrogens is 477 g/mol. The molecular formula is C25H25F3N4O4. The number of amides is 2. The van der Waals surface area contributed by atoms with Gasteiger partial charge in [0.1, 0.15) is 11.4 Å². The van der Waals surface area contributed by atoms with Crippen LogP contribution in [0.3, 0.4) is 0 Å². The van der Waals surface area contributed by atoms with E-state index in [-0.39, 0.29) is 23.5 Å². The minimum Gasteiger partial charge on any atom is -0.406 e. The number of rotatable bonds is 4. The second-order valence-corrected chi connectivity index (χ2v) is 8.91. The van der Waals surface area contributed by atoms with Gasteiger partial charge in [0, 0.05) is 49.5 Å². The lowest BCUT2D eigenvalue weighted by atomic mass is 9.89. The fourth-order valence-corrected chi connectivity index (χ4v) is 4.80. The topological polar surface area (TPSA) is 87.8 Å². The van der Waals surface area contributed by atoms with E-state index < -0.39 is 6.36 Å². The minimum absolute atomic E-state index is 0.0630. The maximum absolute atomic E-state index is 12.9. The van der Waals surface area contributed by atoms with E-state index in [4.69, 9.17) is 4.74 Å². The molecule has 0 atom stereocenters. The molecule has 5 rings (SSSR count). The lowest BCUT2D eigenvalue weighted by Crippen LogP contribution is -2.40. The molecule has 0 bridgehead atoms. The van der Waals surface area contributed by atoms with Crippen LogP contribution in [0, 0.1) is 0 Å². The van der Waals surface area contributed by atoms with Gasteiger partial charge < -0.3 is 24.3 Å². The molecule has 2 amide bonds. The Labute approximate surface area is 205 Å². The molecule has 0 spiro atoms. The second kappa shape index (κ2) is 9.81. The van der Waals surface area contributed by atoms with Crippen molar-refractivity contribution in [2.24, 2.45) is 0 Å². The van der Waals surface area contributed by atoms with E-state index in [2.05, 4.69) is 14.7 Å². The first-order valence-electron chi connectivity index (χ1n) is 11.8. The van der Waals surface area contributed by atoms with Crippen molar-refractivity contribution in [1.29, 1.82) is 0 Å². The van der Waals surface area contributed by atoms with Crippen LogP contribution < -0.4 is 4.74 Å². The molecule has 4 heterocycles. The van der Waals surface area contributed by atoms with Gasteiger partial charge in [-0.15, -0.1) is 13.2 Å².